The van der Waals surface area contributed by atoms with Gasteiger partial charge in [-0.25, -0.2) is 4.39 Å². The Balaban J connectivity index is 2.73. The molecule has 0 saturated heterocycles. The molecule has 1 atom stereocenters. The van der Waals surface area contributed by atoms with Crippen LogP contribution in [0.5, 0.6) is 0 Å². The lowest BCUT2D eigenvalue weighted by Gasteiger charge is -2.13. The Labute approximate surface area is 77.5 Å². The van der Waals surface area contributed by atoms with Crippen LogP contribution in [0.2, 0.25) is 0 Å². The maximum absolute atomic E-state index is 12.6. The standard InChI is InChI=1S/C10H14FNO/c1-13-7-9(6-12)8-2-4-10(11)5-3-8/h2-5,9H,6-7,12H2,1H3. The molecule has 13 heavy (non-hydrogen) atoms. The molecule has 72 valence electrons. The van der Waals surface area contributed by atoms with Gasteiger partial charge in [-0.15, -0.1) is 0 Å². The highest BCUT2D eigenvalue weighted by molar-refractivity contribution is 5.20. The third-order valence-corrected chi connectivity index (χ3v) is 1.99. The number of hydrogen-bond donors (Lipinski definition) is 1. The fraction of sp³-hybridized carbons (Fsp3) is 0.400. The van der Waals surface area contributed by atoms with E-state index in [1.165, 1.54) is 12.1 Å². The van der Waals surface area contributed by atoms with Gasteiger partial charge in [0.25, 0.3) is 0 Å². The lowest BCUT2D eigenvalue weighted by atomic mass is 10.0. The summed E-state index contributed by atoms with van der Waals surface area (Å²) >= 11 is 0. The molecule has 2 nitrogen and oxygen atoms in total. The van der Waals surface area contributed by atoms with Crippen molar-refractivity contribution in [2.24, 2.45) is 5.73 Å². The first-order chi connectivity index (χ1) is 6.27. The van der Waals surface area contributed by atoms with Crippen LogP contribution >= 0.6 is 0 Å². The Morgan fingerprint density at radius 1 is 1.38 bits per heavy atom. The van der Waals surface area contributed by atoms with Crippen LogP contribution in [0.4, 0.5) is 4.39 Å². The normalized spacial score (nSPS) is 12.8. The van der Waals surface area contributed by atoms with Gasteiger partial charge in [-0.3, -0.25) is 0 Å². The van der Waals surface area contributed by atoms with Gasteiger partial charge in [0.05, 0.1) is 6.61 Å². The highest BCUT2D eigenvalue weighted by atomic mass is 19.1. The number of rotatable bonds is 4. The highest BCUT2D eigenvalue weighted by Gasteiger charge is 2.08. The van der Waals surface area contributed by atoms with Crippen molar-refractivity contribution in [1.82, 2.24) is 0 Å². The SMILES string of the molecule is COCC(CN)c1ccc(F)cc1. The number of halogens is 1. The molecule has 0 radical (unpaired) electrons. The number of methoxy groups -OCH3 is 1. The van der Waals surface area contributed by atoms with Crippen LogP contribution < -0.4 is 5.73 Å². The molecule has 1 aromatic carbocycles. The number of nitrogens with two attached hydrogens (primary N) is 1. The molecule has 0 aromatic heterocycles. The van der Waals surface area contributed by atoms with Crippen LogP contribution in [0.15, 0.2) is 24.3 Å². The molecule has 0 aliphatic heterocycles. The van der Waals surface area contributed by atoms with Gasteiger partial charge < -0.3 is 10.5 Å². The van der Waals surface area contributed by atoms with E-state index in [0.717, 1.165) is 5.56 Å². The van der Waals surface area contributed by atoms with Crippen molar-refractivity contribution < 1.29 is 9.13 Å². The minimum atomic E-state index is -0.225. The summed E-state index contributed by atoms with van der Waals surface area (Å²) in [7, 11) is 1.63. The molecule has 0 bridgehead atoms. The van der Waals surface area contributed by atoms with Gasteiger partial charge in [0.2, 0.25) is 0 Å². The number of hydrogen-bond acceptors (Lipinski definition) is 2. The molecule has 1 unspecified atom stereocenters. The summed E-state index contributed by atoms with van der Waals surface area (Å²) in [6.07, 6.45) is 0. The van der Waals surface area contributed by atoms with Crippen molar-refractivity contribution in [2.75, 3.05) is 20.3 Å². The van der Waals surface area contributed by atoms with Crippen LogP contribution in [0, 0.1) is 5.82 Å². The summed E-state index contributed by atoms with van der Waals surface area (Å²) in [6, 6.07) is 6.36. The zero-order valence-corrected chi connectivity index (χ0v) is 7.66. The van der Waals surface area contributed by atoms with Crippen LogP contribution in [0.3, 0.4) is 0 Å². The largest absolute Gasteiger partial charge is 0.384 e. The topological polar surface area (TPSA) is 35.2 Å². The summed E-state index contributed by atoms with van der Waals surface area (Å²) in [6.45, 7) is 1.08. The molecule has 0 amide bonds. The minimum absolute atomic E-state index is 0.158. The number of ether oxygens (including phenoxy) is 1. The fourth-order valence-corrected chi connectivity index (χ4v) is 1.24. The van der Waals surface area contributed by atoms with E-state index in [1.54, 1.807) is 19.2 Å². The molecule has 0 heterocycles. The van der Waals surface area contributed by atoms with Crippen LogP contribution in [-0.4, -0.2) is 20.3 Å². The predicted molar refractivity (Wildman–Crippen MR) is 50.1 cm³/mol. The minimum Gasteiger partial charge on any atom is -0.384 e. The Morgan fingerprint density at radius 2 is 2.00 bits per heavy atom. The van der Waals surface area contributed by atoms with E-state index in [4.69, 9.17) is 10.5 Å². The van der Waals surface area contributed by atoms with E-state index in [0.29, 0.717) is 13.2 Å². The van der Waals surface area contributed by atoms with Crippen molar-refractivity contribution in [3.8, 4) is 0 Å². The fourth-order valence-electron chi connectivity index (χ4n) is 1.24. The molecule has 1 rings (SSSR count). The second-order valence-electron chi connectivity index (χ2n) is 2.94. The van der Waals surface area contributed by atoms with Gasteiger partial charge in [-0.1, -0.05) is 12.1 Å². The summed E-state index contributed by atoms with van der Waals surface area (Å²) in [5.41, 5.74) is 6.57. The molecule has 3 heteroatoms. The Bertz CT molecular complexity index is 248. The molecular formula is C10H14FNO. The lowest BCUT2D eigenvalue weighted by molar-refractivity contribution is 0.181. The van der Waals surface area contributed by atoms with E-state index in [2.05, 4.69) is 0 Å². The van der Waals surface area contributed by atoms with Gasteiger partial charge in [-0.2, -0.15) is 0 Å². The molecule has 1 aromatic rings. The first-order valence-electron chi connectivity index (χ1n) is 4.22. The molecule has 0 aliphatic carbocycles. The van der Waals surface area contributed by atoms with Gasteiger partial charge in [0.1, 0.15) is 5.82 Å². The average Bonchev–Trinajstić information content (AvgIpc) is 2.16. The molecule has 0 saturated carbocycles. The average molecular weight is 183 g/mol. The Morgan fingerprint density at radius 3 is 2.46 bits per heavy atom. The summed E-state index contributed by atoms with van der Waals surface area (Å²) in [5, 5.41) is 0. The monoisotopic (exact) mass is 183 g/mol. The molecule has 0 aliphatic rings. The van der Waals surface area contributed by atoms with Crippen LogP contribution in [-0.2, 0) is 4.74 Å². The smallest absolute Gasteiger partial charge is 0.123 e. The van der Waals surface area contributed by atoms with E-state index < -0.39 is 0 Å². The highest BCUT2D eigenvalue weighted by Crippen LogP contribution is 2.14. The first-order valence-corrected chi connectivity index (χ1v) is 4.22. The van der Waals surface area contributed by atoms with E-state index in [9.17, 15) is 4.39 Å². The van der Waals surface area contributed by atoms with E-state index in [1.807, 2.05) is 0 Å². The summed E-state index contributed by atoms with van der Waals surface area (Å²) in [4.78, 5) is 0. The second kappa shape index (κ2) is 4.94. The Hall–Kier alpha value is -0.930. The van der Waals surface area contributed by atoms with Crippen molar-refractivity contribution in [3.63, 3.8) is 0 Å². The Kier molecular flexibility index (Phi) is 3.86. The molecule has 0 spiro atoms. The number of benzene rings is 1. The quantitative estimate of drug-likeness (QED) is 0.768. The van der Waals surface area contributed by atoms with Crippen molar-refractivity contribution in [1.29, 1.82) is 0 Å². The molecule has 2 N–H and O–H groups in total. The molecule has 0 fully saturated rings. The summed E-state index contributed by atoms with van der Waals surface area (Å²) < 4.78 is 17.6. The van der Waals surface area contributed by atoms with Crippen molar-refractivity contribution >= 4 is 0 Å². The third kappa shape index (κ3) is 2.79. The van der Waals surface area contributed by atoms with Gasteiger partial charge in [0.15, 0.2) is 0 Å². The maximum atomic E-state index is 12.6. The third-order valence-electron chi connectivity index (χ3n) is 1.99. The zero-order chi connectivity index (χ0) is 9.68. The van der Waals surface area contributed by atoms with Crippen LogP contribution in [0.25, 0.3) is 0 Å². The second-order valence-corrected chi connectivity index (χ2v) is 2.94. The van der Waals surface area contributed by atoms with Gasteiger partial charge in [0, 0.05) is 19.6 Å². The van der Waals surface area contributed by atoms with E-state index >= 15 is 0 Å². The zero-order valence-electron chi connectivity index (χ0n) is 7.66. The van der Waals surface area contributed by atoms with E-state index in [-0.39, 0.29) is 11.7 Å². The predicted octanol–water partition coefficient (Wildman–Crippen LogP) is 1.51. The van der Waals surface area contributed by atoms with Gasteiger partial charge >= 0.3 is 0 Å². The first kappa shape index (κ1) is 10.2. The summed E-state index contributed by atoms with van der Waals surface area (Å²) in [5.74, 6) is -0.0671. The lowest BCUT2D eigenvalue weighted by Crippen LogP contribution is -2.17. The maximum Gasteiger partial charge on any atom is 0.123 e. The molecular weight excluding hydrogens is 169 g/mol. The van der Waals surface area contributed by atoms with Crippen LogP contribution in [0.1, 0.15) is 11.5 Å². The van der Waals surface area contributed by atoms with Crippen molar-refractivity contribution in [2.45, 2.75) is 5.92 Å². The van der Waals surface area contributed by atoms with Crippen molar-refractivity contribution in [3.05, 3.63) is 35.6 Å². The van der Waals surface area contributed by atoms with Gasteiger partial charge in [-0.05, 0) is 17.7 Å².